The number of rotatable bonds is 5. The molecule has 0 aromatic heterocycles. The van der Waals surface area contributed by atoms with Crippen molar-refractivity contribution in [3.8, 4) is 0 Å². The molecule has 0 aromatic carbocycles. The second kappa shape index (κ2) is 7.61. The minimum absolute atomic E-state index is 0.696. The van der Waals surface area contributed by atoms with Gasteiger partial charge in [-0.15, -0.1) is 0 Å². The molecule has 3 nitrogen and oxygen atoms in total. The quantitative estimate of drug-likeness (QED) is 0.824. The van der Waals surface area contributed by atoms with Crippen molar-refractivity contribution in [2.24, 2.45) is 5.92 Å². The van der Waals surface area contributed by atoms with Crippen LogP contribution in [0.5, 0.6) is 0 Å². The van der Waals surface area contributed by atoms with Gasteiger partial charge in [-0.2, -0.15) is 0 Å². The first-order valence-corrected chi connectivity index (χ1v) is 8.34. The summed E-state index contributed by atoms with van der Waals surface area (Å²) in [6.45, 7) is 7.20. The fourth-order valence-electron chi connectivity index (χ4n) is 3.94. The summed E-state index contributed by atoms with van der Waals surface area (Å²) in [6, 6.07) is 1.40. The Morgan fingerprint density at radius 3 is 2.53 bits per heavy atom. The lowest BCUT2D eigenvalue weighted by atomic mass is 9.90. The van der Waals surface area contributed by atoms with E-state index < -0.39 is 0 Å². The molecule has 1 saturated heterocycles. The lowest BCUT2D eigenvalue weighted by molar-refractivity contribution is 0.144. The van der Waals surface area contributed by atoms with Crippen molar-refractivity contribution in [2.75, 3.05) is 40.3 Å². The van der Waals surface area contributed by atoms with Gasteiger partial charge in [0.1, 0.15) is 0 Å². The summed E-state index contributed by atoms with van der Waals surface area (Å²) in [7, 11) is 4.62. The zero-order chi connectivity index (χ0) is 13.7. The van der Waals surface area contributed by atoms with Crippen molar-refractivity contribution in [3.05, 3.63) is 0 Å². The molecule has 2 fully saturated rings. The highest BCUT2D eigenvalue weighted by Gasteiger charge is 2.34. The van der Waals surface area contributed by atoms with E-state index in [9.17, 15) is 0 Å². The third kappa shape index (κ3) is 4.17. The van der Waals surface area contributed by atoms with E-state index in [4.69, 9.17) is 0 Å². The minimum Gasteiger partial charge on any atom is -0.312 e. The van der Waals surface area contributed by atoms with Gasteiger partial charge in [-0.05, 0) is 65.3 Å². The number of hydrogen-bond acceptors (Lipinski definition) is 3. The smallest absolute Gasteiger partial charge is 0.0376 e. The third-order valence-corrected chi connectivity index (χ3v) is 5.07. The van der Waals surface area contributed by atoms with Crippen LogP contribution in [0.4, 0.5) is 0 Å². The predicted molar refractivity (Wildman–Crippen MR) is 82.6 cm³/mol. The average molecular weight is 267 g/mol. The van der Waals surface area contributed by atoms with Crippen LogP contribution in [-0.2, 0) is 0 Å². The molecule has 2 rings (SSSR count). The van der Waals surface area contributed by atoms with Gasteiger partial charge in [0.25, 0.3) is 0 Å². The second-order valence-electron chi connectivity index (χ2n) is 6.69. The van der Waals surface area contributed by atoms with Crippen LogP contribution in [0, 0.1) is 5.92 Å². The van der Waals surface area contributed by atoms with Crippen LogP contribution in [-0.4, -0.2) is 62.2 Å². The zero-order valence-electron chi connectivity index (χ0n) is 13.2. The summed E-state index contributed by atoms with van der Waals surface area (Å²) in [6.07, 6.45) is 8.33. The first-order chi connectivity index (χ1) is 9.22. The summed E-state index contributed by atoms with van der Waals surface area (Å²) in [5.74, 6) is 0.908. The zero-order valence-corrected chi connectivity index (χ0v) is 13.2. The summed E-state index contributed by atoms with van der Waals surface area (Å²) in [4.78, 5) is 5.15. The molecule has 0 spiro atoms. The molecular formula is C16H33N3. The topological polar surface area (TPSA) is 18.5 Å². The van der Waals surface area contributed by atoms with E-state index >= 15 is 0 Å². The van der Waals surface area contributed by atoms with Crippen LogP contribution in [0.15, 0.2) is 0 Å². The fourth-order valence-corrected chi connectivity index (χ4v) is 3.94. The Kier molecular flexibility index (Phi) is 6.11. The summed E-state index contributed by atoms with van der Waals surface area (Å²) >= 11 is 0. The molecule has 2 aliphatic rings. The normalized spacial score (nSPS) is 29.5. The van der Waals surface area contributed by atoms with Crippen molar-refractivity contribution in [2.45, 2.75) is 57.5 Å². The first kappa shape index (κ1) is 15.3. The standard InChI is InChI=1S/C16H33N3/c1-4-10-17-16(14-8-5-6-9-14)15-13-18(2)11-7-12-19(15)3/h14-17H,4-13H2,1-3H3. The maximum Gasteiger partial charge on any atom is 0.0376 e. The van der Waals surface area contributed by atoms with Gasteiger partial charge in [-0.1, -0.05) is 19.8 Å². The molecule has 1 saturated carbocycles. The maximum absolute atomic E-state index is 3.89. The molecule has 1 N–H and O–H groups in total. The van der Waals surface area contributed by atoms with Crippen molar-refractivity contribution >= 4 is 0 Å². The Bertz CT molecular complexity index is 250. The van der Waals surface area contributed by atoms with E-state index in [2.05, 4.69) is 36.1 Å². The molecule has 1 aliphatic heterocycles. The molecule has 112 valence electrons. The molecule has 1 heterocycles. The van der Waals surface area contributed by atoms with E-state index in [1.54, 1.807) is 0 Å². The van der Waals surface area contributed by atoms with Crippen LogP contribution in [0.25, 0.3) is 0 Å². The Balaban J connectivity index is 2.04. The summed E-state index contributed by atoms with van der Waals surface area (Å²) in [5, 5.41) is 3.89. The maximum atomic E-state index is 3.89. The van der Waals surface area contributed by atoms with Crippen molar-refractivity contribution < 1.29 is 0 Å². The second-order valence-corrected chi connectivity index (χ2v) is 6.69. The van der Waals surface area contributed by atoms with Crippen LogP contribution in [0.2, 0.25) is 0 Å². The monoisotopic (exact) mass is 267 g/mol. The van der Waals surface area contributed by atoms with Gasteiger partial charge < -0.3 is 15.1 Å². The van der Waals surface area contributed by atoms with Crippen LogP contribution < -0.4 is 5.32 Å². The average Bonchev–Trinajstić information content (AvgIpc) is 2.86. The summed E-state index contributed by atoms with van der Waals surface area (Å²) < 4.78 is 0. The molecule has 3 heteroatoms. The number of likely N-dealkylation sites (N-methyl/N-ethyl adjacent to an activating group) is 2. The Morgan fingerprint density at radius 2 is 1.84 bits per heavy atom. The van der Waals surface area contributed by atoms with E-state index in [-0.39, 0.29) is 0 Å². The van der Waals surface area contributed by atoms with Gasteiger partial charge in [-0.25, -0.2) is 0 Å². The highest BCUT2D eigenvalue weighted by molar-refractivity contribution is 4.93. The fraction of sp³-hybridized carbons (Fsp3) is 1.00. The summed E-state index contributed by atoms with van der Waals surface area (Å²) in [5.41, 5.74) is 0. The van der Waals surface area contributed by atoms with Gasteiger partial charge in [0.15, 0.2) is 0 Å². The van der Waals surface area contributed by atoms with Crippen molar-refractivity contribution in [1.82, 2.24) is 15.1 Å². The Labute approximate surface area is 119 Å². The largest absolute Gasteiger partial charge is 0.312 e. The van der Waals surface area contributed by atoms with Crippen LogP contribution in [0.1, 0.15) is 45.4 Å². The lowest BCUT2D eigenvalue weighted by Crippen LogP contribution is -2.55. The molecule has 1 aliphatic carbocycles. The number of nitrogens with one attached hydrogen (secondary N) is 1. The van der Waals surface area contributed by atoms with Crippen molar-refractivity contribution in [1.29, 1.82) is 0 Å². The van der Waals surface area contributed by atoms with Crippen LogP contribution >= 0.6 is 0 Å². The van der Waals surface area contributed by atoms with E-state index in [1.165, 1.54) is 64.7 Å². The Hall–Kier alpha value is -0.120. The molecular weight excluding hydrogens is 234 g/mol. The molecule has 2 atom stereocenters. The molecule has 0 radical (unpaired) electrons. The number of nitrogens with zero attached hydrogens (tertiary/aromatic N) is 2. The van der Waals surface area contributed by atoms with Crippen molar-refractivity contribution in [3.63, 3.8) is 0 Å². The molecule has 2 unspecified atom stereocenters. The van der Waals surface area contributed by atoms with E-state index in [0.29, 0.717) is 12.1 Å². The first-order valence-electron chi connectivity index (χ1n) is 8.34. The van der Waals surface area contributed by atoms with Gasteiger partial charge in [0, 0.05) is 18.6 Å². The molecule has 0 amide bonds. The van der Waals surface area contributed by atoms with Gasteiger partial charge >= 0.3 is 0 Å². The van der Waals surface area contributed by atoms with Crippen LogP contribution in [0.3, 0.4) is 0 Å². The van der Waals surface area contributed by atoms with Gasteiger partial charge in [0.05, 0.1) is 0 Å². The minimum atomic E-state index is 0.696. The van der Waals surface area contributed by atoms with E-state index in [0.717, 1.165) is 5.92 Å². The van der Waals surface area contributed by atoms with Gasteiger partial charge in [0.2, 0.25) is 0 Å². The number of hydrogen-bond donors (Lipinski definition) is 1. The predicted octanol–water partition coefficient (Wildman–Crippen LogP) is 2.18. The Morgan fingerprint density at radius 1 is 1.11 bits per heavy atom. The molecule has 0 bridgehead atoms. The highest BCUT2D eigenvalue weighted by Crippen LogP contribution is 2.31. The van der Waals surface area contributed by atoms with Gasteiger partial charge in [-0.3, -0.25) is 0 Å². The SMILES string of the molecule is CCCNC(C1CCCC1)C1CN(C)CCCN1C. The third-order valence-electron chi connectivity index (χ3n) is 5.07. The lowest BCUT2D eigenvalue weighted by Gasteiger charge is -2.38. The highest BCUT2D eigenvalue weighted by atomic mass is 15.2. The van der Waals surface area contributed by atoms with E-state index in [1.807, 2.05) is 0 Å². The molecule has 0 aromatic rings. The molecule has 19 heavy (non-hydrogen) atoms.